The zero-order valence-electron chi connectivity index (χ0n) is 6.57. The van der Waals surface area contributed by atoms with Crippen LogP contribution in [-0.2, 0) is 4.79 Å². The fraction of sp³-hybridized carbons (Fsp3) is 0.778. The molecule has 0 saturated heterocycles. The average molecular weight is 140 g/mol. The summed E-state index contributed by atoms with van der Waals surface area (Å²) in [6, 6.07) is 0. The van der Waals surface area contributed by atoms with Crippen molar-refractivity contribution in [2.45, 2.75) is 44.9 Å². The minimum Gasteiger partial charge on any atom is -0.291 e. The number of rotatable bonds is 7. The fourth-order valence-corrected chi connectivity index (χ4v) is 0.904. The van der Waals surface area contributed by atoms with Gasteiger partial charge in [-0.3, -0.25) is 4.79 Å². The Balaban J connectivity index is 2.70. The van der Waals surface area contributed by atoms with E-state index in [1.54, 1.807) is 0 Å². The van der Waals surface area contributed by atoms with Crippen LogP contribution < -0.4 is 0 Å². The summed E-state index contributed by atoms with van der Waals surface area (Å²) >= 11 is 0. The third-order valence-corrected chi connectivity index (χ3v) is 1.53. The fourth-order valence-electron chi connectivity index (χ4n) is 0.904. The Hall–Kier alpha value is -0.330. The van der Waals surface area contributed by atoms with Crippen LogP contribution in [0.1, 0.15) is 44.9 Å². The predicted molar refractivity (Wildman–Crippen MR) is 43.4 cm³/mol. The van der Waals surface area contributed by atoms with E-state index < -0.39 is 0 Å². The maximum atomic E-state index is 9.76. The highest BCUT2D eigenvalue weighted by Crippen LogP contribution is 2.05. The topological polar surface area (TPSA) is 17.1 Å². The summed E-state index contributed by atoms with van der Waals surface area (Å²) < 4.78 is 0. The van der Waals surface area contributed by atoms with Gasteiger partial charge in [0.1, 0.15) is 0 Å². The maximum absolute atomic E-state index is 9.76. The van der Waals surface area contributed by atoms with Crippen molar-refractivity contribution in [1.29, 1.82) is 0 Å². The second kappa shape index (κ2) is 8.67. The standard InChI is InChI=1S/C9H16O/c1-2-3-4-5-6-7-8-9-10/h1-8H2. The number of unbranched alkanes of at least 4 members (excludes halogenated alkanes) is 6. The van der Waals surface area contributed by atoms with E-state index in [9.17, 15) is 4.79 Å². The van der Waals surface area contributed by atoms with Crippen LogP contribution in [0.3, 0.4) is 0 Å². The van der Waals surface area contributed by atoms with E-state index >= 15 is 0 Å². The minimum atomic E-state index is 0.615. The lowest BCUT2D eigenvalue weighted by atomic mass is 10.1. The Kier molecular flexibility index (Phi) is 8.38. The second-order valence-corrected chi connectivity index (χ2v) is 2.52. The van der Waals surface area contributed by atoms with Crippen LogP contribution in [0.5, 0.6) is 0 Å². The Bertz CT molecular complexity index is 69.1. The molecule has 0 aliphatic heterocycles. The Morgan fingerprint density at radius 1 is 1.00 bits per heavy atom. The molecule has 0 fully saturated rings. The highest BCUT2D eigenvalue weighted by atomic mass is 16.1. The van der Waals surface area contributed by atoms with Gasteiger partial charge in [0.15, 0.2) is 6.29 Å². The summed E-state index contributed by atoms with van der Waals surface area (Å²) in [5, 5.41) is 0. The molecule has 0 saturated carbocycles. The smallest absolute Gasteiger partial charge is 0.198 e. The lowest BCUT2D eigenvalue weighted by Crippen LogP contribution is -1.79. The molecule has 0 spiro atoms. The molecule has 1 heteroatoms. The Morgan fingerprint density at radius 2 is 1.60 bits per heavy atom. The molecule has 0 amide bonds. The first-order valence-electron chi connectivity index (χ1n) is 4.06. The molecule has 10 heavy (non-hydrogen) atoms. The van der Waals surface area contributed by atoms with Gasteiger partial charge >= 0.3 is 0 Å². The van der Waals surface area contributed by atoms with Crippen molar-refractivity contribution in [3.63, 3.8) is 0 Å². The van der Waals surface area contributed by atoms with E-state index in [0.717, 1.165) is 12.8 Å². The van der Waals surface area contributed by atoms with E-state index in [4.69, 9.17) is 0 Å². The number of hydrogen-bond donors (Lipinski definition) is 0. The molecular weight excluding hydrogens is 124 g/mol. The molecule has 0 N–H and O–H groups in total. The molecule has 0 heterocycles. The van der Waals surface area contributed by atoms with Gasteiger partial charge in [-0.1, -0.05) is 39.0 Å². The lowest BCUT2D eigenvalue weighted by molar-refractivity contribution is 0.542. The highest BCUT2D eigenvalue weighted by molar-refractivity contribution is 5.50. The van der Waals surface area contributed by atoms with E-state index in [1.165, 1.54) is 25.7 Å². The molecule has 2 radical (unpaired) electrons. The molecule has 0 aromatic rings. The van der Waals surface area contributed by atoms with Crippen LogP contribution in [-0.4, -0.2) is 6.29 Å². The van der Waals surface area contributed by atoms with Gasteiger partial charge in [-0.25, -0.2) is 0 Å². The van der Waals surface area contributed by atoms with Crippen molar-refractivity contribution in [3.05, 3.63) is 6.92 Å². The Morgan fingerprint density at radius 3 is 2.20 bits per heavy atom. The van der Waals surface area contributed by atoms with Crippen LogP contribution in [0.15, 0.2) is 0 Å². The minimum absolute atomic E-state index is 0.615. The number of hydrogen-bond acceptors (Lipinski definition) is 1. The van der Waals surface area contributed by atoms with Crippen molar-refractivity contribution in [2.24, 2.45) is 0 Å². The van der Waals surface area contributed by atoms with Gasteiger partial charge in [-0.15, -0.1) is 0 Å². The summed E-state index contributed by atoms with van der Waals surface area (Å²) in [5.74, 6) is 0. The molecule has 0 bridgehead atoms. The molecule has 0 aromatic carbocycles. The lowest BCUT2D eigenvalue weighted by Gasteiger charge is -1.95. The molecule has 0 aromatic heterocycles. The van der Waals surface area contributed by atoms with Gasteiger partial charge in [0.05, 0.1) is 0 Å². The third kappa shape index (κ3) is 7.67. The molecular formula is C9H16O. The van der Waals surface area contributed by atoms with Gasteiger partial charge in [0.2, 0.25) is 0 Å². The summed E-state index contributed by atoms with van der Waals surface area (Å²) in [5.41, 5.74) is 0. The summed E-state index contributed by atoms with van der Waals surface area (Å²) in [6.07, 6.45) is 9.48. The van der Waals surface area contributed by atoms with Gasteiger partial charge in [-0.2, -0.15) is 0 Å². The maximum Gasteiger partial charge on any atom is 0.198 e. The molecule has 0 atom stereocenters. The van der Waals surface area contributed by atoms with Crippen molar-refractivity contribution in [2.75, 3.05) is 0 Å². The highest BCUT2D eigenvalue weighted by Gasteiger charge is 1.88. The first-order chi connectivity index (χ1) is 4.91. The van der Waals surface area contributed by atoms with Gasteiger partial charge < -0.3 is 0 Å². The molecule has 0 aliphatic rings. The molecule has 0 unspecified atom stereocenters. The van der Waals surface area contributed by atoms with E-state index in [0.29, 0.717) is 6.42 Å². The third-order valence-electron chi connectivity index (χ3n) is 1.53. The second-order valence-electron chi connectivity index (χ2n) is 2.52. The predicted octanol–water partition coefficient (Wildman–Crippen LogP) is 2.66. The largest absolute Gasteiger partial charge is 0.291 e. The molecule has 0 aliphatic carbocycles. The molecule has 58 valence electrons. The van der Waals surface area contributed by atoms with Crippen molar-refractivity contribution >= 4 is 6.29 Å². The van der Waals surface area contributed by atoms with E-state index in [2.05, 4.69) is 6.92 Å². The van der Waals surface area contributed by atoms with Crippen molar-refractivity contribution in [3.8, 4) is 0 Å². The zero-order chi connectivity index (χ0) is 7.66. The van der Waals surface area contributed by atoms with Gasteiger partial charge in [0.25, 0.3) is 0 Å². The van der Waals surface area contributed by atoms with Crippen molar-refractivity contribution in [1.82, 2.24) is 0 Å². The average Bonchev–Trinajstić information content (AvgIpc) is 1.97. The van der Waals surface area contributed by atoms with E-state index in [-0.39, 0.29) is 0 Å². The summed E-state index contributed by atoms with van der Waals surface area (Å²) in [7, 11) is 0. The summed E-state index contributed by atoms with van der Waals surface area (Å²) in [4.78, 5) is 9.76. The van der Waals surface area contributed by atoms with Crippen LogP contribution in [0.4, 0.5) is 0 Å². The monoisotopic (exact) mass is 140 g/mol. The normalized spacial score (nSPS) is 9.70. The quantitative estimate of drug-likeness (QED) is 0.497. The van der Waals surface area contributed by atoms with Crippen LogP contribution in [0.2, 0.25) is 0 Å². The Labute approximate surface area is 63.8 Å². The van der Waals surface area contributed by atoms with Gasteiger partial charge in [0, 0.05) is 6.42 Å². The molecule has 1 nitrogen and oxygen atoms in total. The zero-order valence-corrected chi connectivity index (χ0v) is 6.57. The SMILES string of the molecule is [CH2]CCCCCCC[C]=O. The summed E-state index contributed by atoms with van der Waals surface area (Å²) in [6.45, 7) is 3.76. The van der Waals surface area contributed by atoms with Crippen LogP contribution >= 0.6 is 0 Å². The van der Waals surface area contributed by atoms with Gasteiger partial charge in [-0.05, 0) is 6.42 Å². The first kappa shape index (κ1) is 9.67. The van der Waals surface area contributed by atoms with E-state index in [1.807, 2.05) is 6.29 Å². The number of carbonyl (C=O) groups excluding carboxylic acids is 1. The van der Waals surface area contributed by atoms with Crippen LogP contribution in [0, 0.1) is 6.92 Å². The van der Waals surface area contributed by atoms with Crippen molar-refractivity contribution < 1.29 is 4.79 Å². The molecule has 0 rings (SSSR count). The van der Waals surface area contributed by atoms with Crippen LogP contribution in [0.25, 0.3) is 0 Å². The first-order valence-corrected chi connectivity index (χ1v) is 4.06.